The van der Waals surface area contributed by atoms with Crippen LogP contribution in [0.4, 0.5) is 0 Å². The topological polar surface area (TPSA) is 71.1 Å². The fourth-order valence-corrected chi connectivity index (χ4v) is 2.54. The highest BCUT2D eigenvalue weighted by atomic mass is 16.6. The molecule has 0 aliphatic heterocycles. The minimum absolute atomic E-state index is 0.107. The molecule has 0 aliphatic carbocycles. The van der Waals surface area contributed by atoms with Crippen molar-refractivity contribution in [3.63, 3.8) is 0 Å². The van der Waals surface area contributed by atoms with Crippen LogP contribution < -0.4 is 9.47 Å². The van der Waals surface area contributed by atoms with Gasteiger partial charge in [-0.2, -0.15) is 0 Å². The normalized spacial score (nSPS) is 10.1. The second-order valence-electron chi connectivity index (χ2n) is 6.34. The Morgan fingerprint density at radius 2 is 1.00 bits per heavy atom. The predicted octanol–water partition coefficient (Wildman–Crippen LogP) is 3.93. The molecule has 0 saturated carbocycles. The Morgan fingerprint density at radius 1 is 0.567 bits per heavy atom. The Bertz CT molecular complexity index is 865. The van der Waals surface area contributed by atoms with Gasteiger partial charge in [0.1, 0.15) is 24.7 Å². The molecule has 3 aromatic carbocycles. The van der Waals surface area contributed by atoms with Crippen molar-refractivity contribution >= 4 is 11.9 Å². The number of ether oxygens (including phenoxy) is 4. The zero-order valence-electron chi connectivity index (χ0n) is 16.4. The molecule has 3 rings (SSSR count). The van der Waals surface area contributed by atoms with Crippen LogP contribution >= 0.6 is 0 Å². The van der Waals surface area contributed by atoms with Crippen LogP contribution in [0.3, 0.4) is 0 Å². The molecule has 0 radical (unpaired) electrons. The molecule has 154 valence electrons. The summed E-state index contributed by atoms with van der Waals surface area (Å²) in [6, 6.07) is 25.4. The van der Waals surface area contributed by atoms with Gasteiger partial charge in [-0.1, -0.05) is 54.6 Å². The van der Waals surface area contributed by atoms with E-state index in [9.17, 15) is 9.59 Å². The van der Waals surface area contributed by atoms with E-state index < -0.39 is 11.9 Å². The maximum atomic E-state index is 11.8. The maximum absolute atomic E-state index is 11.8. The second-order valence-corrected chi connectivity index (χ2v) is 6.34. The molecule has 0 spiro atoms. The molecule has 0 aliphatic rings. The molecular weight excluding hydrogens is 384 g/mol. The van der Waals surface area contributed by atoms with E-state index in [1.807, 2.05) is 60.7 Å². The third-order valence-corrected chi connectivity index (χ3v) is 3.99. The first kappa shape index (κ1) is 20.9. The van der Waals surface area contributed by atoms with Crippen molar-refractivity contribution in [3.05, 3.63) is 96.1 Å². The summed E-state index contributed by atoms with van der Waals surface area (Å²) in [4.78, 5) is 23.7. The number of benzene rings is 3. The Morgan fingerprint density at radius 3 is 1.43 bits per heavy atom. The van der Waals surface area contributed by atoms with Crippen LogP contribution in [0.1, 0.15) is 11.1 Å². The summed E-state index contributed by atoms with van der Waals surface area (Å²) in [5.41, 5.74) is 1.58. The summed E-state index contributed by atoms with van der Waals surface area (Å²) < 4.78 is 21.2. The molecule has 0 bridgehead atoms. The first-order valence-electron chi connectivity index (χ1n) is 9.44. The van der Waals surface area contributed by atoms with Crippen LogP contribution in [0.5, 0.6) is 11.5 Å². The van der Waals surface area contributed by atoms with Gasteiger partial charge >= 0.3 is 11.9 Å². The number of hydrogen-bond acceptors (Lipinski definition) is 6. The van der Waals surface area contributed by atoms with E-state index in [0.29, 0.717) is 11.5 Å². The fraction of sp³-hybridized carbons (Fsp3) is 0.167. The molecular formula is C24H22O6. The van der Waals surface area contributed by atoms with Gasteiger partial charge in [-0.3, -0.25) is 0 Å². The van der Waals surface area contributed by atoms with E-state index in [4.69, 9.17) is 18.9 Å². The number of esters is 2. The molecule has 0 atom stereocenters. The molecule has 0 amide bonds. The van der Waals surface area contributed by atoms with Crippen molar-refractivity contribution < 1.29 is 28.5 Å². The number of rotatable bonds is 10. The Labute approximate surface area is 175 Å². The summed E-state index contributed by atoms with van der Waals surface area (Å²) in [6.45, 7) is -0.114. The minimum atomic E-state index is -0.464. The Balaban J connectivity index is 1.38. The first-order chi connectivity index (χ1) is 14.7. The zero-order valence-corrected chi connectivity index (χ0v) is 16.4. The molecule has 6 heteroatoms. The first-order valence-corrected chi connectivity index (χ1v) is 9.44. The molecule has 30 heavy (non-hydrogen) atoms. The van der Waals surface area contributed by atoms with Gasteiger partial charge in [0.15, 0.2) is 13.2 Å². The lowest BCUT2D eigenvalue weighted by Gasteiger charge is -2.09. The quantitative estimate of drug-likeness (QED) is 0.475. The third-order valence-electron chi connectivity index (χ3n) is 3.99. The smallest absolute Gasteiger partial charge is 0.344 e. The molecule has 0 fully saturated rings. The van der Waals surface area contributed by atoms with Crippen LogP contribution in [0, 0.1) is 0 Å². The lowest BCUT2D eigenvalue weighted by atomic mass is 10.1. The number of carbonyl (C=O) groups excluding carboxylic acids is 2. The van der Waals surface area contributed by atoms with Gasteiger partial charge in [0, 0.05) is 0 Å². The lowest BCUT2D eigenvalue weighted by Crippen LogP contribution is -2.15. The van der Waals surface area contributed by atoms with Gasteiger partial charge in [-0.25, -0.2) is 9.59 Å². The monoisotopic (exact) mass is 406 g/mol. The van der Waals surface area contributed by atoms with Gasteiger partial charge in [-0.05, 0) is 41.5 Å². The van der Waals surface area contributed by atoms with Crippen LogP contribution in [-0.4, -0.2) is 25.2 Å². The third kappa shape index (κ3) is 7.31. The fourth-order valence-electron chi connectivity index (χ4n) is 2.54. The SMILES string of the molecule is O=C(COc1ccccc1)OCc1cccc(COC(=O)COc2ccccc2)c1. The van der Waals surface area contributed by atoms with Gasteiger partial charge < -0.3 is 18.9 Å². The summed E-state index contributed by atoms with van der Waals surface area (Å²) in [5, 5.41) is 0. The van der Waals surface area contributed by atoms with E-state index in [1.165, 1.54) is 0 Å². The number of hydrogen-bond donors (Lipinski definition) is 0. The largest absolute Gasteiger partial charge is 0.482 e. The van der Waals surface area contributed by atoms with Crippen LogP contribution in [0.2, 0.25) is 0 Å². The highest BCUT2D eigenvalue weighted by molar-refractivity contribution is 5.71. The number of carbonyl (C=O) groups is 2. The molecule has 3 aromatic rings. The van der Waals surface area contributed by atoms with Crippen molar-refractivity contribution in [1.82, 2.24) is 0 Å². The maximum Gasteiger partial charge on any atom is 0.344 e. The van der Waals surface area contributed by atoms with E-state index in [1.54, 1.807) is 24.3 Å². The summed E-state index contributed by atoms with van der Waals surface area (Å²) in [6.07, 6.45) is 0. The van der Waals surface area contributed by atoms with Gasteiger partial charge in [0.25, 0.3) is 0 Å². The number of para-hydroxylation sites is 2. The van der Waals surface area contributed by atoms with Crippen LogP contribution in [0.25, 0.3) is 0 Å². The molecule has 6 nitrogen and oxygen atoms in total. The van der Waals surface area contributed by atoms with E-state index >= 15 is 0 Å². The minimum Gasteiger partial charge on any atom is -0.482 e. The van der Waals surface area contributed by atoms with Crippen molar-refractivity contribution in [3.8, 4) is 11.5 Å². The van der Waals surface area contributed by atoms with Crippen molar-refractivity contribution in [1.29, 1.82) is 0 Å². The summed E-state index contributed by atoms with van der Waals surface area (Å²) in [5.74, 6) is 0.284. The summed E-state index contributed by atoms with van der Waals surface area (Å²) >= 11 is 0. The predicted molar refractivity (Wildman–Crippen MR) is 110 cm³/mol. The lowest BCUT2D eigenvalue weighted by molar-refractivity contribution is -0.147. The van der Waals surface area contributed by atoms with Crippen LogP contribution in [0.15, 0.2) is 84.9 Å². The molecule has 0 heterocycles. The van der Waals surface area contributed by atoms with E-state index in [2.05, 4.69) is 0 Å². The van der Waals surface area contributed by atoms with E-state index in [0.717, 1.165) is 11.1 Å². The highest BCUT2D eigenvalue weighted by Gasteiger charge is 2.07. The van der Waals surface area contributed by atoms with Crippen molar-refractivity contribution in [2.75, 3.05) is 13.2 Å². The summed E-state index contributed by atoms with van der Waals surface area (Å²) in [7, 11) is 0. The molecule has 0 saturated heterocycles. The second kappa shape index (κ2) is 11.3. The zero-order chi connectivity index (χ0) is 21.0. The molecule has 0 N–H and O–H groups in total. The van der Waals surface area contributed by atoms with E-state index in [-0.39, 0.29) is 26.4 Å². The van der Waals surface area contributed by atoms with Gasteiger partial charge in [0.05, 0.1) is 0 Å². The average Bonchev–Trinajstić information content (AvgIpc) is 2.80. The standard InChI is InChI=1S/C24H22O6/c25-23(17-27-21-10-3-1-4-11-21)29-15-19-8-7-9-20(14-19)16-30-24(26)18-28-22-12-5-2-6-13-22/h1-14H,15-18H2. The van der Waals surface area contributed by atoms with Crippen molar-refractivity contribution in [2.45, 2.75) is 13.2 Å². The van der Waals surface area contributed by atoms with Crippen LogP contribution in [-0.2, 0) is 32.3 Å². The van der Waals surface area contributed by atoms with Gasteiger partial charge in [0.2, 0.25) is 0 Å². The average molecular weight is 406 g/mol. The van der Waals surface area contributed by atoms with Gasteiger partial charge in [-0.15, -0.1) is 0 Å². The Kier molecular flexibility index (Phi) is 7.85. The Hall–Kier alpha value is -3.80. The van der Waals surface area contributed by atoms with Crippen molar-refractivity contribution in [2.24, 2.45) is 0 Å². The molecule has 0 aromatic heterocycles. The molecule has 0 unspecified atom stereocenters. The highest BCUT2D eigenvalue weighted by Crippen LogP contribution is 2.11.